The normalized spacial score (nSPS) is 24.8. The van der Waals surface area contributed by atoms with Crippen LogP contribution in [0.15, 0.2) is 42.5 Å². The molecule has 2 aliphatic rings. The fourth-order valence-electron chi connectivity index (χ4n) is 5.31. The van der Waals surface area contributed by atoms with Crippen molar-refractivity contribution in [2.24, 2.45) is 11.8 Å². The second-order valence-corrected chi connectivity index (χ2v) is 10.6. The minimum atomic E-state index is -4.72. The molecule has 2 unspecified atom stereocenters. The highest BCUT2D eigenvalue weighted by Gasteiger charge is 2.55. The Bertz CT molecular complexity index is 1030. The number of benzene rings is 2. The van der Waals surface area contributed by atoms with Gasteiger partial charge in [-0.05, 0) is 74.4 Å². The number of likely N-dealkylation sites (tertiary alicyclic amines) is 1. The number of hydrogen-bond acceptors (Lipinski definition) is 5. The van der Waals surface area contributed by atoms with E-state index in [1.54, 1.807) is 6.07 Å². The molecule has 0 spiro atoms. The van der Waals surface area contributed by atoms with E-state index >= 15 is 0 Å². The summed E-state index contributed by atoms with van der Waals surface area (Å²) in [6, 6.07) is 13.8. The van der Waals surface area contributed by atoms with Gasteiger partial charge in [-0.1, -0.05) is 36.4 Å². The number of rotatable bonds is 6. The highest BCUT2D eigenvalue weighted by molar-refractivity contribution is 7.86. The molecule has 31 heavy (non-hydrogen) atoms. The SMILES string of the molecule is COc1cc2c(cc1C)CC(CC1CCN(Cc3ccccc3)CC1)C2(O)S(=O)(=O)O. The van der Waals surface area contributed by atoms with Crippen LogP contribution in [0.2, 0.25) is 0 Å². The third kappa shape index (κ3) is 4.24. The zero-order valence-corrected chi connectivity index (χ0v) is 18.9. The molecule has 1 heterocycles. The summed E-state index contributed by atoms with van der Waals surface area (Å²) >= 11 is 0. The van der Waals surface area contributed by atoms with E-state index in [4.69, 9.17) is 4.74 Å². The first-order valence-corrected chi connectivity index (χ1v) is 12.3. The molecule has 2 atom stereocenters. The molecule has 0 amide bonds. The predicted molar refractivity (Wildman–Crippen MR) is 119 cm³/mol. The number of nitrogens with zero attached hydrogens (tertiary/aromatic N) is 1. The van der Waals surface area contributed by atoms with Crippen LogP contribution in [-0.4, -0.2) is 43.2 Å². The van der Waals surface area contributed by atoms with Gasteiger partial charge in [0.2, 0.25) is 4.93 Å². The third-order valence-corrected chi connectivity index (χ3v) is 8.33. The fourth-order valence-corrected chi connectivity index (χ4v) is 6.38. The van der Waals surface area contributed by atoms with Crippen LogP contribution in [0.5, 0.6) is 5.75 Å². The molecular formula is C24H31NO5S. The lowest BCUT2D eigenvalue weighted by Crippen LogP contribution is -2.42. The van der Waals surface area contributed by atoms with Crippen LogP contribution in [-0.2, 0) is 28.0 Å². The highest BCUT2D eigenvalue weighted by Crippen LogP contribution is 2.49. The number of aryl methyl sites for hydroxylation is 1. The Hall–Kier alpha value is -1.93. The van der Waals surface area contributed by atoms with Crippen molar-refractivity contribution in [3.8, 4) is 5.75 Å². The van der Waals surface area contributed by atoms with Crippen molar-refractivity contribution in [2.75, 3.05) is 20.2 Å². The molecule has 1 aliphatic carbocycles. The Morgan fingerprint density at radius 2 is 1.84 bits per heavy atom. The van der Waals surface area contributed by atoms with Crippen molar-refractivity contribution in [1.82, 2.24) is 4.90 Å². The maximum absolute atomic E-state index is 12.4. The molecule has 0 aromatic heterocycles. The molecule has 2 aromatic rings. The number of piperidine rings is 1. The molecule has 2 aromatic carbocycles. The summed E-state index contributed by atoms with van der Waals surface area (Å²) in [6.07, 6.45) is 2.89. The summed E-state index contributed by atoms with van der Waals surface area (Å²) in [5.41, 5.74) is 3.19. The standard InChI is InChI=1S/C24H31NO5S/c1-17-12-20-14-21(24(26,31(27,28)29)22(20)15-23(17)30-2)13-18-8-10-25(11-9-18)16-19-6-4-3-5-7-19/h3-7,12,15,18,21,26H,8-11,13-14,16H2,1-2H3,(H,27,28,29). The van der Waals surface area contributed by atoms with E-state index in [0.717, 1.165) is 43.6 Å². The molecule has 4 rings (SSSR count). The molecule has 168 valence electrons. The summed E-state index contributed by atoms with van der Waals surface area (Å²) in [6.45, 7) is 4.69. The highest BCUT2D eigenvalue weighted by atomic mass is 32.2. The first-order chi connectivity index (χ1) is 14.7. The van der Waals surface area contributed by atoms with Crippen LogP contribution in [0.1, 0.15) is 41.5 Å². The molecule has 0 bridgehead atoms. The van der Waals surface area contributed by atoms with Gasteiger partial charge in [0, 0.05) is 18.0 Å². The Labute approximate surface area is 184 Å². The maximum atomic E-state index is 12.4. The van der Waals surface area contributed by atoms with Crippen LogP contribution in [0.25, 0.3) is 0 Å². The van der Waals surface area contributed by atoms with Gasteiger partial charge in [-0.15, -0.1) is 0 Å². The van der Waals surface area contributed by atoms with Crippen molar-refractivity contribution in [2.45, 2.75) is 44.1 Å². The number of ether oxygens (including phenoxy) is 1. The second kappa shape index (κ2) is 8.54. The Morgan fingerprint density at radius 3 is 2.45 bits per heavy atom. The van der Waals surface area contributed by atoms with Gasteiger partial charge in [-0.25, -0.2) is 0 Å². The average molecular weight is 446 g/mol. The van der Waals surface area contributed by atoms with Crippen LogP contribution in [0, 0.1) is 18.8 Å². The summed E-state index contributed by atoms with van der Waals surface area (Å²) < 4.78 is 40.1. The van der Waals surface area contributed by atoms with Crippen molar-refractivity contribution < 1.29 is 22.8 Å². The van der Waals surface area contributed by atoms with E-state index in [-0.39, 0.29) is 5.56 Å². The third-order valence-electron chi connectivity index (χ3n) is 6.99. The molecule has 1 aliphatic heterocycles. The number of aliphatic hydroxyl groups is 1. The lowest BCUT2D eigenvalue weighted by atomic mass is 9.84. The summed E-state index contributed by atoms with van der Waals surface area (Å²) in [5, 5.41) is 11.3. The van der Waals surface area contributed by atoms with Crippen molar-refractivity contribution in [3.63, 3.8) is 0 Å². The second-order valence-electron chi connectivity index (χ2n) is 8.99. The van der Waals surface area contributed by atoms with E-state index in [0.29, 0.717) is 24.5 Å². The van der Waals surface area contributed by atoms with Crippen LogP contribution in [0.4, 0.5) is 0 Å². The Kier molecular flexibility index (Phi) is 6.14. The molecular weight excluding hydrogens is 414 g/mol. The Balaban J connectivity index is 1.48. The van der Waals surface area contributed by atoms with Gasteiger partial charge in [0.05, 0.1) is 7.11 Å². The minimum Gasteiger partial charge on any atom is -0.496 e. The van der Waals surface area contributed by atoms with Crippen molar-refractivity contribution >= 4 is 10.1 Å². The fraction of sp³-hybridized carbons (Fsp3) is 0.500. The zero-order valence-electron chi connectivity index (χ0n) is 18.1. The first kappa shape index (κ1) is 22.3. The van der Waals surface area contributed by atoms with Gasteiger partial charge in [-0.3, -0.25) is 9.45 Å². The van der Waals surface area contributed by atoms with Crippen molar-refractivity contribution in [1.29, 1.82) is 0 Å². The number of hydrogen-bond donors (Lipinski definition) is 2. The molecule has 0 radical (unpaired) electrons. The maximum Gasteiger partial charge on any atom is 0.299 e. The van der Waals surface area contributed by atoms with Gasteiger partial charge >= 0.3 is 0 Å². The zero-order chi connectivity index (χ0) is 22.2. The van der Waals surface area contributed by atoms with Gasteiger partial charge in [0.25, 0.3) is 10.1 Å². The van der Waals surface area contributed by atoms with E-state index in [9.17, 15) is 18.1 Å². The van der Waals surface area contributed by atoms with Gasteiger partial charge in [0.1, 0.15) is 5.75 Å². The molecule has 0 saturated carbocycles. The quantitative estimate of drug-likeness (QED) is 0.662. The van der Waals surface area contributed by atoms with E-state index in [2.05, 4.69) is 17.0 Å². The summed E-state index contributed by atoms with van der Waals surface area (Å²) in [4.78, 5) is 0.128. The van der Waals surface area contributed by atoms with Gasteiger partial charge < -0.3 is 9.84 Å². The summed E-state index contributed by atoms with van der Waals surface area (Å²) in [7, 11) is -3.20. The molecule has 1 fully saturated rings. The lowest BCUT2D eigenvalue weighted by Gasteiger charge is -2.35. The molecule has 6 nitrogen and oxygen atoms in total. The van der Waals surface area contributed by atoms with Gasteiger partial charge in [-0.2, -0.15) is 8.42 Å². The number of methoxy groups -OCH3 is 1. The van der Waals surface area contributed by atoms with Gasteiger partial charge in [0.15, 0.2) is 0 Å². The number of fused-ring (bicyclic) bond motifs is 1. The molecule has 2 N–H and O–H groups in total. The average Bonchev–Trinajstić information content (AvgIpc) is 3.01. The van der Waals surface area contributed by atoms with E-state index < -0.39 is 21.0 Å². The monoisotopic (exact) mass is 445 g/mol. The molecule has 7 heteroatoms. The minimum absolute atomic E-state index is 0.254. The smallest absolute Gasteiger partial charge is 0.299 e. The van der Waals surface area contributed by atoms with Crippen LogP contribution < -0.4 is 4.74 Å². The summed E-state index contributed by atoms with van der Waals surface area (Å²) in [5.74, 6) is 0.243. The lowest BCUT2D eigenvalue weighted by molar-refractivity contribution is 0.0419. The molecule has 1 saturated heterocycles. The first-order valence-electron chi connectivity index (χ1n) is 10.9. The van der Waals surface area contributed by atoms with E-state index in [1.807, 2.05) is 31.2 Å². The van der Waals surface area contributed by atoms with Crippen molar-refractivity contribution in [3.05, 3.63) is 64.7 Å². The van der Waals surface area contributed by atoms with Crippen LogP contribution in [0.3, 0.4) is 0 Å². The topological polar surface area (TPSA) is 87.1 Å². The largest absolute Gasteiger partial charge is 0.496 e. The van der Waals surface area contributed by atoms with E-state index in [1.165, 1.54) is 12.7 Å². The van der Waals surface area contributed by atoms with Crippen LogP contribution >= 0.6 is 0 Å². The Morgan fingerprint density at radius 1 is 1.16 bits per heavy atom. The predicted octanol–water partition coefficient (Wildman–Crippen LogP) is 3.51.